The fraction of sp³-hybridized carbons (Fsp3) is 0.333. The van der Waals surface area contributed by atoms with E-state index in [0.717, 1.165) is 47.0 Å². The second kappa shape index (κ2) is 10.5. The highest BCUT2D eigenvalue weighted by Crippen LogP contribution is 2.49. The molecular formula is C30H31Cl2NO4. The zero-order valence-corrected chi connectivity index (χ0v) is 22.7. The maximum atomic E-state index is 10.4. The number of hydrogen-bond acceptors (Lipinski definition) is 5. The Kier molecular flexibility index (Phi) is 7.30. The first-order chi connectivity index (χ1) is 17.7. The molecule has 7 heteroatoms. The van der Waals surface area contributed by atoms with Gasteiger partial charge < -0.3 is 19.7 Å². The van der Waals surface area contributed by atoms with Gasteiger partial charge in [-0.15, -0.1) is 0 Å². The lowest BCUT2D eigenvalue weighted by atomic mass is 9.86. The van der Waals surface area contributed by atoms with E-state index in [1.165, 1.54) is 12.5 Å². The zero-order valence-electron chi connectivity index (χ0n) is 21.2. The van der Waals surface area contributed by atoms with Crippen molar-refractivity contribution in [2.24, 2.45) is 5.92 Å². The summed E-state index contributed by atoms with van der Waals surface area (Å²) in [6, 6.07) is 16.4. The number of hydrogen-bond donors (Lipinski definition) is 2. The number of allylic oxidation sites excluding steroid dienone is 1. The Hall–Kier alpha value is -2.86. The van der Waals surface area contributed by atoms with Gasteiger partial charge in [0.15, 0.2) is 0 Å². The van der Waals surface area contributed by atoms with E-state index in [1.54, 1.807) is 24.3 Å². The summed E-state index contributed by atoms with van der Waals surface area (Å²) in [6.07, 6.45) is 0.752. The summed E-state index contributed by atoms with van der Waals surface area (Å²) in [5, 5.41) is 21.0. The molecule has 2 aliphatic heterocycles. The molecule has 5 rings (SSSR count). The molecule has 0 amide bonds. The maximum absolute atomic E-state index is 10.4. The van der Waals surface area contributed by atoms with Crippen molar-refractivity contribution in [1.29, 1.82) is 0 Å². The van der Waals surface area contributed by atoms with Gasteiger partial charge in [0.25, 0.3) is 0 Å². The number of fused-ring (bicyclic) bond motifs is 1. The van der Waals surface area contributed by atoms with E-state index in [-0.39, 0.29) is 16.5 Å². The molecule has 2 aliphatic rings. The largest absolute Gasteiger partial charge is 0.508 e. The number of nitrogens with zero attached hydrogens (tertiary/aromatic N) is 1. The van der Waals surface area contributed by atoms with Crippen LogP contribution in [0.15, 0.2) is 54.6 Å². The summed E-state index contributed by atoms with van der Waals surface area (Å²) in [5.74, 6) is 2.28. The van der Waals surface area contributed by atoms with Crippen molar-refractivity contribution in [2.75, 3.05) is 19.7 Å². The van der Waals surface area contributed by atoms with Crippen LogP contribution in [0.1, 0.15) is 50.0 Å². The normalized spacial score (nSPS) is 20.5. The van der Waals surface area contributed by atoms with E-state index >= 15 is 0 Å². The molecular weight excluding hydrogens is 509 g/mol. The second-order valence-electron chi connectivity index (χ2n) is 10.1. The molecule has 0 radical (unpaired) electrons. The van der Waals surface area contributed by atoms with Crippen LogP contribution >= 0.6 is 23.2 Å². The minimum absolute atomic E-state index is 0.0629. The van der Waals surface area contributed by atoms with Gasteiger partial charge in [-0.1, -0.05) is 42.3 Å². The van der Waals surface area contributed by atoms with Crippen molar-refractivity contribution >= 4 is 34.3 Å². The highest BCUT2D eigenvalue weighted by atomic mass is 35.5. The van der Waals surface area contributed by atoms with Crippen LogP contribution in [0.5, 0.6) is 23.0 Å². The highest BCUT2D eigenvalue weighted by molar-refractivity contribution is 6.36. The number of halogens is 2. The van der Waals surface area contributed by atoms with Crippen LogP contribution < -0.4 is 9.47 Å². The molecule has 0 bridgehead atoms. The Labute approximate surface area is 227 Å². The summed E-state index contributed by atoms with van der Waals surface area (Å²) in [5.41, 5.74) is 3.98. The number of aromatic hydroxyl groups is 2. The van der Waals surface area contributed by atoms with Crippen molar-refractivity contribution in [3.8, 4) is 23.0 Å². The molecule has 0 spiro atoms. The summed E-state index contributed by atoms with van der Waals surface area (Å²) in [4.78, 5) is 2.48. The standard InChI is InChI=1S/C30H31Cl2NO4/c1-17-10-11-33(15-17)18(2)16-36-22-7-4-20(5-8-22)30-29(24-13-27(35)26(32)14-25(24)31)19(3)23-12-21(34)6-9-28(23)37-30/h4-9,12-14,17-18,30,34-35H,10-11,15-16H2,1-3H3. The topological polar surface area (TPSA) is 62.2 Å². The molecule has 0 aromatic heterocycles. The summed E-state index contributed by atoms with van der Waals surface area (Å²) in [6.45, 7) is 9.35. The van der Waals surface area contributed by atoms with E-state index < -0.39 is 6.10 Å². The molecule has 194 valence electrons. The highest BCUT2D eigenvalue weighted by Gasteiger charge is 2.31. The molecule has 3 atom stereocenters. The molecule has 0 aliphatic carbocycles. The van der Waals surface area contributed by atoms with Crippen LogP contribution in [-0.4, -0.2) is 40.9 Å². The Morgan fingerprint density at radius 2 is 1.78 bits per heavy atom. The Morgan fingerprint density at radius 1 is 1.03 bits per heavy atom. The van der Waals surface area contributed by atoms with E-state index in [4.69, 9.17) is 32.7 Å². The lowest BCUT2D eigenvalue weighted by molar-refractivity contribution is 0.169. The SMILES string of the molecule is CC1=C(c2cc(O)c(Cl)cc2Cl)C(c2ccc(OCC(C)N3CCC(C)C3)cc2)Oc2ccc(O)cc21. The van der Waals surface area contributed by atoms with E-state index in [2.05, 4.69) is 18.7 Å². The monoisotopic (exact) mass is 539 g/mol. The number of ether oxygens (including phenoxy) is 2. The smallest absolute Gasteiger partial charge is 0.150 e. The van der Waals surface area contributed by atoms with Gasteiger partial charge in [-0.05, 0) is 86.3 Å². The van der Waals surface area contributed by atoms with Gasteiger partial charge in [0, 0.05) is 34.3 Å². The number of benzene rings is 3. The average molecular weight is 540 g/mol. The first kappa shape index (κ1) is 25.8. The van der Waals surface area contributed by atoms with Crippen molar-refractivity contribution in [1.82, 2.24) is 4.90 Å². The Balaban J connectivity index is 1.45. The lowest BCUT2D eigenvalue weighted by Crippen LogP contribution is -2.35. The lowest BCUT2D eigenvalue weighted by Gasteiger charge is -2.31. The first-order valence-electron chi connectivity index (χ1n) is 12.6. The van der Waals surface area contributed by atoms with Crippen molar-refractivity contribution in [3.63, 3.8) is 0 Å². The third kappa shape index (κ3) is 5.26. The molecule has 0 saturated carbocycles. The second-order valence-corrected chi connectivity index (χ2v) is 10.9. The average Bonchev–Trinajstić information content (AvgIpc) is 3.32. The quantitative estimate of drug-likeness (QED) is 0.338. The van der Waals surface area contributed by atoms with Crippen molar-refractivity contribution in [2.45, 2.75) is 39.3 Å². The van der Waals surface area contributed by atoms with Crippen LogP contribution in [-0.2, 0) is 0 Å². The van der Waals surface area contributed by atoms with Gasteiger partial charge in [0.1, 0.15) is 35.7 Å². The minimum Gasteiger partial charge on any atom is -0.508 e. The molecule has 1 fully saturated rings. The molecule has 2 heterocycles. The van der Waals surface area contributed by atoms with Gasteiger partial charge in [-0.25, -0.2) is 0 Å². The molecule has 3 aromatic rings. The molecule has 3 aromatic carbocycles. The predicted octanol–water partition coefficient (Wildman–Crippen LogP) is 7.58. The number of phenols is 2. The minimum atomic E-state index is -0.492. The number of likely N-dealkylation sites (tertiary alicyclic amines) is 1. The zero-order chi connectivity index (χ0) is 26.3. The first-order valence-corrected chi connectivity index (χ1v) is 13.3. The fourth-order valence-electron chi connectivity index (χ4n) is 5.19. The molecule has 2 N–H and O–H groups in total. The van der Waals surface area contributed by atoms with Gasteiger partial charge in [0.2, 0.25) is 0 Å². The molecule has 37 heavy (non-hydrogen) atoms. The Bertz CT molecular complexity index is 1340. The maximum Gasteiger partial charge on any atom is 0.150 e. The summed E-state index contributed by atoms with van der Waals surface area (Å²) in [7, 11) is 0. The molecule has 5 nitrogen and oxygen atoms in total. The van der Waals surface area contributed by atoms with Gasteiger partial charge in [-0.3, -0.25) is 4.90 Å². The van der Waals surface area contributed by atoms with Crippen molar-refractivity contribution < 1.29 is 19.7 Å². The van der Waals surface area contributed by atoms with Gasteiger partial charge >= 0.3 is 0 Å². The van der Waals surface area contributed by atoms with E-state index in [9.17, 15) is 10.2 Å². The van der Waals surface area contributed by atoms with Crippen LogP contribution in [0.25, 0.3) is 11.1 Å². The molecule has 3 unspecified atom stereocenters. The van der Waals surface area contributed by atoms with Crippen LogP contribution in [0.4, 0.5) is 0 Å². The summed E-state index contributed by atoms with van der Waals surface area (Å²) >= 11 is 12.7. The van der Waals surface area contributed by atoms with Gasteiger partial charge in [-0.2, -0.15) is 0 Å². The summed E-state index contributed by atoms with van der Waals surface area (Å²) < 4.78 is 12.6. The van der Waals surface area contributed by atoms with E-state index in [0.29, 0.717) is 29.0 Å². The van der Waals surface area contributed by atoms with Crippen molar-refractivity contribution in [3.05, 3.63) is 81.3 Å². The number of phenolic OH excluding ortho intramolecular Hbond substituents is 2. The van der Waals surface area contributed by atoms with Crippen LogP contribution in [0.2, 0.25) is 10.0 Å². The van der Waals surface area contributed by atoms with Crippen LogP contribution in [0, 0.1) is 5.92 Å². The fourth-order valence-corrected chi connectivity index (χ4v) is 5.68. The third-order valence-electron chi connectivity index (χ3n) is 7.36. The van der Waals surface area contributed by atoms with Crippen LogP contribution in [0.3, 0.4) is 0 Å². The van der Waals surface area contributed by atoms with E-state index in [1.807, 2.05) is 31.2 Å². The molecule has 1 saturated heterocycles. The third-order valence-corrected chi connectivity index (χ3v) is 7.97. The number of rotatable bonds is 6. The predicted molar refractivity (Wildman–Crippen MR) is 149 cm³/mol. The Morgan fingerprint density at radius 3 is 2.49 bits per heavy atom. The van der Waals surface area contributed by atoms with Gasteiger partial charge in [0.05, 0.1) is 5.02 Å².